The molecule has 2 N–H and O–H groups in total. The topological polar surface area (TPSA) is 72.2 Å². The first-order chi connectivity index (χ1) is 11.3. The molecular formula is C17H20N4O2. The number of imidazole rings is 1. The van der Waals surface area contributed by atoms with Crippen molar-refractivity contribution in [3.63, 3.8) is 0 Å². The number of aliphatic hydroxyl groups is 1. The SMILES string of the molecule is CCn1c(CNc2ccc(OCCO)nc2)nc2ccccc21. The minimum absolute atomic E-state index is 0.0189. The zero-order valence-electron chi connectivity index (χ0n) is 13.1. The lowest BCUT2D eigenvalue weighted by atomic mass is 10.3. The molecule has 0 unspecified atom stereocenters. The van der Waals surface area contributed by atoms with Crippen LogP contribution < -0.4 is 10.1 Å². The van der Waals surface area contributed by atoms with Crippen LogP contribution in [0.3, 0.4) is 0 Å². The second-order valence-corrected chi connectivity index (χ2v) is 5.07. The predicted octanol–water partition coefficient (Wildman–Crippen LogP) is 2.43. The fourth-order valence-electron chi connectivity index (χ4n) is 2.51. The smallest absolute Gasteiger partial charge is 0.213 e. The lowest BCUT2D eigenvalue weighted by Crippen LogP contribution is -2.08. The van der Waals surface area contributed by atoms with Gasteiger partial charge in [0.25, 0.3) is 0 Å². The average molecular weight is 312 g/mol. The summed E-state index contributed by atoms with van der Waals surface area (Å²) in [5.74, 6) is 1.50. The Labute approximate surface area is 134 Å². The van der Waals surface area contributed by atoms with Crippen molar-refractivity contribution in [2.45, 2.75) is 20.0 Å². The second-order valence-electron chi connectivity index (χ2n) is 5.07. The minimum atomic E-state index is -0.0189. The summed E-state index contributed by atoms with van der Waals surface area (Å²) in [4.78, 5) is 8.88. The van der Waals surface area contributed by atoms with Crippen LogP contribution in [0.4, 0.5) is 5.69 Å². The van der Waals surface area contributed by atoms with Crippen LogP contribution in [-0.4, -0.2) is 32.9 Å². The van der Waals surface area contributed by atoms with E-state index >= 15 is 0 Å². The molecule has 0 atom stereocenters. The Morgan fingerprint density at radius 1 is 1.22 bits per heavy atom. The zero-order chi connectivity index (χ0) is 16.1. The van der Waals surface area contributed by atoms with E-state index in [0.29, 0.717) is 12.4 Å². The van der Waals surface area contributed by atoms with Gasteiger partial charge < -0.3 is 19.7 Å². The Balaban J connectivity index is 1.70. The first kappa shape index (κ1) is 15.3. The van der Waals surface area contributed by atoms with Crippen LogP contribution in [-0.2, 0) is 13.1 Å². The zero-order valence-corrected chi connectivity index (χ0v) is 13.1. The van der Waals surface area contributed by atoms with E-state index in [1.807, 2.05) is 24.3 Å². The highest BCUT2D eigenvalue weighted by molar-refractivity contribution is 5.75. The van der Waals surface area contributed by atoms with E-state index in [2.05, 4.69) is 32.8 Å². The number of nitrogens with one attached hydrogen (secondary N) is 1. The third-order valence-electron chi connectivity index (χ3n) is 3.58. The van der Waals surface area contributed by atoms with Crippen molar-refractivity contribution in [3.8, 4) is 5.88 Å². The molecule has 23 heavy (non-hydrogen) atoms. The number of benzene rings is 1. The molecular weight excluding hydrogens is 292 g/mol. The van der Waals surface area contributed by atoms with Gasteiger partial charge in [-0.05, 0) is 25.1 Å². The Morgan fingerprint density at radius 2 is 2.09 bits per heavy atom. The number of hydrogen-bond donors (Lipinski definition) is 2. The number of hydrogen-bond acceptors (Lipinski definition) is 5. The molecule has 1 aromatic carbocycles. The third kappa shape index (κ3) is 3.43. The van der Waals surface area contributed by atoms with Gasteiger partial charge in [0.05, 0.1) is 36.1 Å². The number of aliphatic hydroxyl groups excluding tert-OH is 1. The minimum Gasteiger partial charge on any atom is -0.475 e. The molecule has 0 aliphatic heterocycles. The molecule has 0 radical (unpaired) electrons. The molecule has 0 saturated heterocycles. The monoisotopic (exact) mass is 312 g/mol. The highest BCUT2D eigenvalue weighted by Crippen LogP contribution is 2.17. The Kier molecular flexibility index (Phi) is 4.73. The van der Waals surface area contributed by atoms with E-state index in [4.69, 9.17) is 9.84 Å². The highest BCUT2D eigenvalue weighted by atomic mass is 16.5. The molecule has 2 aromatic heterocycles. The molecule has 0 amide bonds. The van der Waals surface area contributed by atoms with E-state index in [9.17, 15) is 0 Å². The molecule has 0 bridgehead atoms. The van der Waals surface area contributed by atoms with Crippen molar-refractivity contribution in [2.75, 3.05) is 18.5 Å². The lowest BCUT2D eigenvalue weighted by molar-refractivity contribution is 0.196. The van der Waals surface area contributed by atoms with Crippen molar-refractivity contribution in [2.24, 2.45) is 0 Å². The molecule has 0 saturated carbocycles. The summed E-state index contributed by atoms with van der Waals surface area (Å²) in [5, 5.41) is 12.1. The number of nitrogens with zero attached hydrogens (tertiary/aromatic N) is 3. The van der Waals surface area contributed by atoms with Crippen LogP contribution in [0, 0.1) is 0 Å². The average Bonchev–Trinajstić information content (AvgIpc) is 2.96. The number of rotatable bonds is 7. The number of ether oxygens (including phenoxy) is 1. The van der Waals surface area contributed by atoms with Crippen LogP contribution in [0.2, 0.25) is 0 Å². The summed E-state index contributed by atoms with van der Waals surface area (Å²) >= 11 is 0. The molecule has 2 heterocycles. The number of pyridine rings is 1. The van der Waals surface area contributed by atoms with Crippen molar-refractivity contribution in [1.29, 1.82) is 0 Å². The summed E-state index contributed by atoms with van der Waals surface area (Å²) in [6.07, 6.45) is 1.71. The van der Waals surface area contributed by atoms with E-state index < -0.39 is 0 Å². The summed E-state index contributed by atoms with van der Waals surface area (Å²) in [6, 6.07) is 11.8. The van der Waals surface area contributed by atoms with Gasteiger partial charge >= 0.3 is 0 Å². The molecule has 6 nitrogen and oxygen atoms in total. The Bertz CT molecular complexity index is 768. The molecule has 120 valence electrons. The largest absolute Gasteiger partial charge is 0.475 e. The number of aromatic nitrogens is 3. The first-order valence-electron chi connectivity index (χ1n) is 7.69. The van der Waals surface area contributed by atoms with Crippen LogP contribution in [0.15, 0.2) is 42.6 Å². The van der Waals surface area contributed by atoms with Crippen molar-refractivity contribution in [3.05, 3.63) is 48.4 Å². The van der Waals surface area contributed by atoms with Gasteiger partial charge in [0, 0.05) is 12.6 Å². The normalized spacial score (nSPS) is 10.9. The maximum Gasteiger partial charge on any atom is 0.213 e. The lowest BCUT2D eigenvalue weighted by Gasteiger charge is -2.09. The van der Waals surface area contributed by atoms with Gasteiger partial charge in [0.2, 0.25) is 5.88 Å². The summed E-state index contributed by atoms with van der Waals surface area (Å²) < 4.78 is 7.45. The molecule has 0 aliphatic rings. The Hall–Kier alpha value is -2.60. The van der Waals surface area contributed by atoms with E-state index in [1.54, 1.807) is 12.3 Å². The summed E-state index contributed by atoms with van der Waals surface area (Å²) in [7, 11) is 0. The molecule has 3 rings (SSSR count). The molecule has 0 spiro atoms. The van der Waals surface area contributed by atoms with Crippen molar-refractivity contribution in [1.82, 2.24) is 14.5 Å². The molecule has 3 aromatic rings. The molecule has 6 heteroatoms. The second kappa shape index (κ2) is 7.11. The third-order valence-corrected chi connectivity index (χ3v) is 3.58. The Morgan fingerprint density at radius 3 is 2.83 bits per heavy atom. The highest BCUT2D eigenvalue weighted by Gasteiger charge is 2.08. The van der Waals surface area contributed by atoms with Gasteiger partial charge in [-0.3, -0.25) is 0 Å². The van der Waals surface area contributed by atoms with Gasteiger partial charge in [-0.15, -0.1) is 0 Å². The van der Waals surface area contributed by atoms with E-state index in [-0.39, 0.29) is 13.2 Å². The maximum atomic E-state index is 8.73. The fraction of sp³-hybridized carbons (Fsp3) is 0.294. The number of para-hydroxylation sites is 2. The molecule has 0 aliphatic carbocycles. The molecule has 0 fully saturated rings. The number of aryl methyl sites for hydroxylation is 1. The maximum absolute atomic E-state index is 8.73. The van der Waals surface area contributed by atoms with Gasteiger partial charge in [-0.2, -0.15) is 0 Å². The van der Waals surface area contributed by atoms with Crippen molar-refractivity contribution < 1.29 is 9.84 Å². The van der Waals surface area contributed by atoms with Gasteiger partial charge in [0.15, 0.2) is 0 Å². The number of anilines is 1. The fourth-order valence-corrected chi connectivity index (χ4v) is 2.51. The standard InChI is InChI=1S/C17H20N4O2/c1-2-21-15-6-4-3-5-14(15)20-16(21)12-18-13-7-8-17(19-11-13)23-10-9-22/h3-8,11,18,22H,2,9-10,12H2,1H3. The summed E-state index contributed by atoms with van der Waals surface area (Å²) in [5.41, 5.74) is 3.06. The van der Waals surface area contributed by atoms with Crippen LogP contribution in [0.5, 0.6) is 5.88 Å². The first-order valence-corrected chi connectivity index (χ1v) is 7.69. The van der Waals surface area contributed by atoms with Crippen LogP contribution >= 0.6 is 0 Å². The van der Waals surface area contributed by atoms with E-state index in [1.165, 1.54) is 0 Å². The van der Waals surface area contributed by atoms with Crippen molar-refractivity contribution >= 4 is 16.7 Å². The summed E-state index contributed by atoms with van der Waals surface area (Å²) in [6.45, 7) is 3.85. The van der Waals surface area contributed by atoms with Crippen LogP contribution in [0.1, 0.15) is 12.7 Å². The van der Waals surface area contributed by atoms with Gasteiger partial charge in [-0.1, -0.05) is 12.1 Å². The van der Waals surface area contributed by atoms with Gasteiger partial charge in [0.1, 0.15) is 12.4 Å². The van der Waals surface area contributed by atoms with E-state index in [0.717, 1.165) is 29.1 Å². The predicted molar refractivity (Wildman–Crippen MR) is 89.6 cm³/mol. The van der Waals surface area contributed by atoms with Crippen LogP contribution in [0.25, 0.3) is 11.0 Å². The quantitative estimate of drug-likeness (QED) is 0.701. The number of fused-ring (bicyclic) bond motifs is 1. The van der Waals surface area contributed by atoms with Gasteiger partial charge in [-0.25, -0.2) is 9.97 Å².